The fraction of sp³-hybridized carbons (Fsp3) is 0.897. The molecule has 6 atom stereocenters. The van der Waals surface area contributed by atoms with Gasteiger partial charge in [-0.25, -0.2) is 9.13 Å². The second-order valence-corrected chi connectivity index (χ2v) is 31.0. The van der Waals surface area contributed by atoms with E-state index in [0.29, 0.717) is 25.7 Å². The van der Waals surface area contributed by atoms with Crippen LogP contribution in [-0.2, 0) is 65.4 Å². The van der Waals surface area contributed by atoms with E-state index in [1.165, 1.54) is 180 Å². The average molecular weight is 1420 g/mol. The summed E-state index contributed by atoms with van der Waals surface area (Å²) in [7, 11) is -9.93. The number of phosphoric acid groups is 2. The number of unbranched alkanes of at least 4 members (excludes halogenated alkanes) is 41. The topological polar surface area (TPSA) is 237 Å². The summed E-state index contributed by atoms with van der Waals surface area (Å²) in [5.41, 5.74) is 0. The standard InChI is InChI=1S/C78H148O17P2/c1-7-10-12-14-16-18-20-22-24-25-26-27-29-31-33-35-44-50-56-62-77(82)94-73(66-88-75(80)60-54-48-42-34-32-30-28-23-21-19-17-15-13-11-8-2)68-92-96(84,85)90-64-72(79)65-91-97(86,87)93-69-74(67-89-76(81)61-55-49-43-38-36-40-46-52-58-70(4)5)95-78(83)63-57-51-45-39-37-41-47-53-59-71(6)9-3/h19,21,23,28,70-74,79H,7-18,20,22,24-27,29-69H2,1-6H3,(H,84,85)(H,86,87)/b21-19-,28-23-/t71?,72-,73-,74-/m1/s1. The second kappa shape index (κ2) is 69.3. The van der Waals surface area contributed by atoms with E-state index < -0.39 is 97.5 Å². The molecule has 0 bridgehead atoms. The predicted molar refractivity (Wildman–Crippen MR) is 395 cm³/mol. The number of carbonyl (C=O) groups excluding carboxylic acids is 4. The summed E-state index contributed by atoms with van der Waals surface area (Å²) < 4.78 is 68.5. The van der Waals surface area contributed by atoms with E-state index in [-0.39, 0.29) is 25.7 Å². The van der Waals surface area contributed by atoms with Crippen LogP contribution in [-0.4, -0.2) is 96.7 Å². The van der Waals surface area contributed by atoms with Crippen molar-refractivity contribution in [2.24, 2.45) is 11.8 Å². The molecule has 0 saturated heterocycles. The molecule has 19 heteroatoms. The average Bonchev–Trinajstić information content (AvgIpc) is 1.72. The molecule has 0 fully saturated rings. The smallest absolute Gasteiger partial charge is 0.462 e. The molecule has 0 spiro atoms. The number of hydrogen-bond donors (Lipinski definition) is 3. The van der Waals surface area contributed by atoms with Crippen molar-refractivity contribution in [1.29, 1.82) is 0 Å². The van der Waals surface area contributed by atoms with E-state index in [4.69, 9.17) is 37.0 Å². The van der Waals surface area contributed by atoms with E-state index in [1.807, 2.05) is 0 Å². The third kappa shape index (κ3) is 70.4. The van der Waals surface area contributed by atoms with Crippen molar-refractivity contribution in [2.75, 3.05) is 39.6 Å². The summed E-state index contributed by atoms with van der Waals surface area (Å²) in [5.74, 6) is -0.653. The Kier molecular flexibility index (Phi) is 67.5. The summed E-state index contributed by atoms with van der Waals surface area (Å²) in [5, 5.41) is 10.6. The largest absolute Gasteiger partial charge is 0.472 e. The van der Waals surface area contributed by atoms with Crippen LogP contribution in [0.15, 0.2) is 24.3 Å². The number of rotatable bonds is 75. The Labute approximate surface area is 592 Å². The summed E-state index contributed by atoms with van der Waals surface area (Å²) in [6.07, 6.45) is 60.5. The summed E-state index contributed by atoms with van der Waals surface area (Å²) in [6.45, 7) is 9.50. The lowest BCUT2D eigenvalue weighted by molar-refractivity contribution is -0.161. The van der Waals surface area contributed by atoms with E-state index in [2.05, 4.69) is 65.8 Å². The highest BCUT2D eigenvalue weighted by Crippen LogP contribution is 2.45. The third-order valence-electron chi connectivity index (χ3n) is 17.9. The first-order valence-electron chi connectivity index (χ1n) is 39.8. The SMILES string of the molecule is CCCCCC/C=C\C=C/CCCCCCCC(=O)OC[C@H](COP(=O)(O)OC[C@@H](O)COP(=O)(O)OC[C@@H](COC(=O)CCCCCCCCCCC(C)C)OC(=O)CCCCCCCCCCC(C)CC)OC(=O)CCCCCCCCCCCCCCCCCCCCC. The van der Waals surface area contributed by atoms with Crippen LogP contribution in [0.2, 0.25) is 0 Å². The Bertz CT molecular complexity index is 1970. The molecule has 3 N–H and O–H groups in total. The second-order valence-electron chi connectivity index (χ2n) is 28.1. The molecule has 0 radical (unpaired) electrons. The minimum atomic E-state index is -4.97. The van der Waals surface area contributed by atoms with E-state index in [9.17, 15) is 43.2 Å². The molecule has 0 aliphatic rings. The molecule has 0 heterocycles. The van der Waals surface area contributed by atoms with Gasteiger partial charge in [-0.05, 0) is 63.2 Å². The van der Waals surface area contributed by atoms with Crippen LogP contribution < -0.4 is 0 Å². The Morgan fingerprint density at radius 3 is 0.928 bits per heavy atom. The third-order valence-corrected chi connectivity index (χ3v) is 19.8. The first-order chi connectivity index (χ1) is 46.9. The van der Waals surface area contributed by atoms with Gasteiger partial charge in [-0.2, -0.15) is 0 Å². The Morgan fingerprint density at radius 1 is 0.340 bits per heavy atom. The molecular weight excluding hydrogens is 1270 g/mol. The number of phosphoric ester groups is 2. The van der Waals surface area contributed by atoms with Crippen molar-refractivity contribution in [2.45, 2.75) is 400 Å². The quantitative estimate of drug-likeness (QED) is 0.0169. The molecule has 17 nitrogen and oxygen atoms in total. The highest BCUT2D eigenvalue weighted by Gasteiger charge is 2.30. The number of allylic oxidation sites excluding steroid dienone is 4. The Balaban J connectivity index is 5.28. The number of ether oxygens (including phenoxy) is 4. The number of aliphatic hydroxyl groups is 1. The van der Waals surface area contributed by atoms with E-state index in [0.717, 1.165) is 121 Å². The normalized spacial score (nSPS) is 14.4. The van der Waals surface area contributed by atoms with Gasteiger partial charge in [0.15, 0.2) is 12.2 Å². The van der Waals surface area contributed by atoms with Gasteiger partial charge in [0.2, 0.25) is 0 Å². The van der Waals surface area contributed by atoms with Gasteiger partial charge in [-0.15, -0.1) is 0 Å². The molecule has 3 unspecified atom stereocenters. The maximum absolute atomic E-state index is 13.1. The first-order valence-corrected chi connectivity index (χ1v) is 42.8. The van der Waals surface area contributed by atoms with Crippen LogP contribution in [0, 0.1) is 11.8 Å². The zero-order valence-corrected chi connectivity index (χ0v) is 64.7. The van der Waals surface area contributed by atoms with Crippen LogP contribution in [0.5, 0.6) is 0 Å². The van der Waals surface area contributed by atoms with Crippen molar-refractivity contribution in [3.63, 3.8) is 0 Å². The van der Waals surface area contributed by atoms with Gasteiger partial charge in [0.1, 0.15) is 19.3 Å². The maximum Gasteiger partial charge on any atom is 0.472 e. The summed E-state index contributed by atoms with van der Waals surface area (Å²) >= 11 is 0. The Hall–Kier alpha value is -2.46. The Morgan fingerprint density at radius 2 is 0.608 bits per heavy atom. The highest BCUT2D eigenvalue weighted by molar-refractivity contribution is 7.47. The molecule has 0 aromatic carbocycles. The fourth-order valence-corrected chi connectivity index (χ4v) is 13.0. The zero-order chi connectivity index (χ0) is 71.4. The molecule has 0 aromatic heterocycles. The van der Waals surface area contributed by atoms with Gasteiger partial charge in [-0.3, -0.25) is 37.3 Å². The van der Waals surface area contributed by atoms with Gasteiger partial charge in [0.05, 0.1) is 26.4 Å². The van der Waals surface area contributed by atoms with Crippen molar-refractivity contribution in [3.05, 3.63) is 24.3 Å². The molecule has 572 valence electrons. The summed E-state index contributed by atoms with van der Waals surface area (Å²) in [4.78, 5) is 72.9. The number of aliphatic hydroxyl groups excluding tert-OH is 1. The van der Waals surface area contributed by atoms with Gasteiger partial charge in [0.25, 0.3) is 0 Å². The highest BCUT2D eigenvalue weighted by atomic mass is 31.2. The number of carbonyl (C=O) groups is 4. The molecule has 0 amide bonds. The number of esters is 4. The first kappa shape index (κ1) is 94.5. The minimum absolute atomic E-state index is 0.102. The number of hydrogen-bond acceptors (Lipinski definition) is 15. The van der Waals surface area contributed by atoms with Crippen molar-refractivity contribution < 1.29 is 80.2 Å². The van der Waals surface area contributed by atoms with Crippen molar-refractivity contribution in [1.82, 2.24) is 0 Å². The van der Waals surface area contributed by atoms with Gasteiger partial charge in [0, 0.05) is 25.7 Å². The minimum Gasteiger partial charge on any atom is -0.462 e. The lowest BCUT2D eigenvalue weighted by Crippen LogP contribution is -2.30. The van der Waals surface area contributed by atoms with Gasteiger partial charge >= 0.3 is 39.5 Å². The lowest BCUT2D eigenvalue weighted by atomic mass is 9.99. The van der Waals surface area contributed by atoms with Gasteiger partial charge in [-0.1, -0.05) is 329 Å². The monoisotopic (exact) mass is 1420 g/mol. The van der Waals surface area contributed by atoms with Crippen LogP contribution in [0.3, 0.4) is 0 Å². The molecular formula is C78H148O17P2. The molecule has 0 aliphatic carbocycles. The maximum atomic E-state index is 13.1. The van der Waals surface area contributed by atoms with E-state index in [1.54, 1.807) is 0 Å². The summed E-state index contributed by atoms with van der Waals surface area (Å²) in [6, 6.07) is 0. The fourth-order valence-electron chi connectivity index (χ4n) is 11.4. The van der Waals surface area contributed by atoms with E-state index >= 15 is 0 Å². The van der Waals surface area contributed by atoms with Crippen molar-refractivity contribution in [3.8, 4) is 0 Å². The van der Waals surface area contributed by atoms with Crippen LogP contribution >= 0.6 is 15.6 Å². The zero-order valence-electron chi connectivity index (χ0n) is 62.9. The van der Waals surface area contributed by atoms with Crippen LogP contribution in [0.1, 0.15) is 382 Å². The molecule has 0 saturated carbocycles. The van der Waals surface area contributed by atoms with Crippen molar-refractivity contribution >= 4 is 39.5 Å². The molecule has 97 heavy (non-hydrogen) atoms. The lowest BCUT2D eigenvalue weighted by Gasteiger charge is -2.21. The molecule has 0 aliphatic heterocycles. The molecule has 0 aromatic rings. The predicted octanol–water partition coefficient (Wildman–Crippen LogP) is 22.7. The van der Waals surface area contributed by atoms with Crippen LogP contribution in [0.4, 0.5) is 0 Å². The van der Waals surface area contributed by atoms with Gasteiger partial charge < -0.3 is 33.8 Å². The van der Waals surface area contributed by atoms with Crippen LogP contribution in [0.25, 0.3) is 0 Å². The molecule has 0 rings (SSSR count).